The Morgan fingerprint density at radius 1 is 1.32 bits per heavy atom. The number of benzene rings is 1. The van der Waals surface area contributed by atoms with Crippen LogP contribution in [0.25, 0.3) is 0 Å². The minimum absolute atomic E-state index is 0.141. The van der Waals surface area contributed by atoms with Crippen molar-refractivity contribution >= 4 is 35.0 Å². The number of pyridine rings is 1. The van der Waals surface area contributed by atoms with Crippen molar-refractivity contribution in [3.8, 4) is 0 Å². The molecule has 2 aromatic rings. The van der Waals surface area contributed by atoms with E-state index in [2.05, 4.69) is 15.6 Å². The molecule has 2 N–H and O–H groups in total. The van der Waals surface area contributed by atoms with Gasteiger partial charge in [0.05, 0.1) is 28.7 Å². The Morgan fingerprint density at radius 3 is 2.91 bits per heavy atom. The van der Waals surface area contributed by atoms with Crippen LogP contribution in [0.4, 0.5) is 11.4 Å². The van der Waals surface area contributed by atoms with Crippen molar-refractivity contribution in [3.05, 3.63) is 48.8 Å². The lowest BCUT2D eigenvalue weighted by Crippen LogP contribution is -2.39. The first-order valence-electron chi connectivity index (χ1n) is 6.92. The summed E-state index contributed by atoms with van der Waals surface area (Å²) in [5, 5.41) is 5.19. The molecule has 1 aliphatic rings. The Bertz CT molecular complexity index is 706. The van der Waals surface area contributed by atoms with Crippen molar-refractivity contribution in [2.75, 3.05) is 10.6 Å². The first-order valence-corrected chi connectivity index (χ1v) is 7.80. The van der Waals surface area contributed by atoms with Crippen molar-refractivity contribution in [1.29, 1.82) is 0 Å². The van der Waals surface area contributed by atoms with E-state index in [4.69, 9.17) is 0 Å². The Hall–Kier alpha value is -2.34. The molecule has 5 nitrogen and oxygen atoms in total. The molecule has 0 saturated heterocycles. The molecule has 0 fully saturated rings. The maximum absolute atomic E-state index is 12.3. The van der Waals surface area contributed by atoms with Crippen LogP contribution < -0.4 is 10.6 Å². The van der Waals surface area contributed by atoms with Gasteiger partial charge in [0.15, 0.2) is 0 Å². The lowest BCUT2D eigenvalue weighted by Gasteiger charge is -2.27. The standard InChI is InChI=1S/C16H15N3O2S/c1-10(15(20)18-11-5-4-8-17-9-11)14-16(21)19-12-6-2-3-7-13(12)22-14/h2-10,14H,1H3,(H,18,20)(H,19,21)/t10-,14+/m0/s1. The van der Waals surface area contributed by atoms with Crippen LogP contribution in [0.15, 0.2) is 53.7 Å². The van der Waals surface area contributed by atoms with E-state index in [1.165, 1.54) is 11.8 Å². The maximum atomic E-state index is 12.3. The summed E-state index contributed by atoms with van der Waals surface area (Å²) in [7, 11) is 0. The number of para-hydroxylation sites is 1. The van der Waals surface area contributed by atoms with Gasteiger partial charge in [-0.25, -0.2) is 0 Å². The average molecular weight is 313 g/mol. The van der Waals surface area contributed by atoms with Gasteiger partial charge >= 0.3 is 0 Å². The third-order valence-corrected chi connectivity index (χ3v) is 4.94. The van der Waals surface area contributed by atoms with E-state index in [0.29, 0.717) is 5.69 Å². The fraction of sp³-hybridized carbons (Fsp3) is 0.188. The Labute approximate surface area is 132 Å². The van der Waals surface area contributed by atoms with Crippen LogP contribution in [0.2, 0.25) is 0 Å². The van der Waals surface area contributed by atoms with Crippen LogP contribution in [-0.2, 0) is 9.59 Å². The molecule has 0 aliphatic carbocycles. The van der Waals surface area contributed by atoms with E-state index in [1.807, 2.05) is 24.3 Å². The largest absolute Gasteiger partial charge is 0.324 e. The van der Waals surface area contributed by atoms with E-state index >= 15 is 0 Å². The average Bonchev–Trinajstić information content (AvgIpc) is 2.54. The molecular formula is C16H15N3O2S. The van der Waals surface area contributed by atoms with E-state index in [1.54, 1.807) is 31.5 Å². The second-order valence-electron chi connectivity index (χ2n) is 5.04. The molecule has 1 aromatic carbocycles. The molecule has 2 amide bonds. The van der Waals surface area contributed by atoms with Crippen molar-refractivity contribution in [3.63, 3.8) is 0 Å². The Kier molecular flexibility index (Phi) is 4.11. The van der Waals surface area contributed by atoms with Gasteiger partial charge < -0.3 is 10.6 Å². The lowest BCUT2D eigenvalue weighted by molar-refractivity contribution is -0.123. The molecule has 0 bridgehead atoms. The number of aromatic nitrogens is 1. The number of fused-ring (bicyclic) bond motifs is 1. The summed E-state index contributed by atoms with van der Waals surface area (Å²) in [5.41, 5.74) is 1.43. The molecule has 1 aromatic heterocycles. The first-order chi connectivity index (χ1) is 10.6. The summed E-state index contributed by atoms with van der Waals surface area (Å²) >= 11 is 1.42. The van der Waals surface area contributed by atoms with Crippen LogP contribution >= 0.6 is 11.8 Å². The number of hydrogen-bond acceptors (Lipinski definition) is 4. The number of amides is 2. The minimum atomic E-state index is -0.460. The van der Waals surface area contributed by atoms with Crippen LogP contribution in [0.5, 0.6) is 0 Å². The fourth-order valence-electron chi connectivity index (χ4n) is 2.23. The Morgan fingerprint density at radius 2 is 2.14 bits per heavy atom. The summed E-state index contributed by atoms with van der Waals surface area (Å²) in [5.74, 6) is -0.795. The molecular weight excluding hydrogens is 298 g/mol. The highest BCUT2D eigenvalue weighted by molar-refractivity contribution is 8.01. The molecule has 112 valence electrons. The SMILES string of the molecule is C[C@H](C(=O)Nc1cccnc1)[C@H]1Sc2ccccc2NC1=O. The number of nitrogens with one attached hydrogen (secondary N) is 2. The zero-order valence-corrected chi connectivity index (χ0v) is 12.8. The van der Waals surface area contributed by atoms with Crippen LogP contribution in [-0.4, -0.2) is 22.0 Å². The van der Waals surface area contributed by atoms with E-state index in [9.17, 15) is 9.59 Å². The lowest BCUT2D eigenvalue weighted by atomic mass is 10.1. The Balaban J connectivity index is 1.73. The molecule has 3 rings (SSSR count). The first kappa shape index (κ1) is 14.6. The number of hydrogen-bond donors (Lipinski definition) is 2. The molecule has 2 atom stereocenters. The number of carbonyl (C=O) groups is 2. The van der Waals surface area contributed by atoms with Gasteiger partial charge in [-0.3, -0.25) is 14.6 Å². The molecule has 22 heavy (non-hydrogen) atoms. The van der Waals surface area contributed by atoms with Crippen LogP contribution in [0.3, 0.4) is 0 Å². The molecule has 0 saturated carbocycles. The number of carbonyl (C=O) groups excluding carboxylic acids is 2. The predicted molar refractivity (Wildman–Crippen MR) is 86.7 cm³/mol. The van der Waals surface area contributed by atoms with E-state index < -0.39 is 11.2 Å². The maximum Gasteiger partial charge on any atom is 0.238 e. The quantitative estimate of drug-likeness (QED) is 0.914. The zero-order valence-electron chi connectivity index (χ0n) is 11.9. The van der Waals surface area contributed by atoms with Gasteiger partial charge in [-0.2, -0.15) is 0 Å². The molecule has 0 radical (unpaired) electrons. The molecule has 1 aliphatic heterocycles. The van der Waals surface area contributed by atoms with Crippen LogP contribution in [0, 0.1) is 5.92 Å². The predicted octanol–water partition coefficient (Wildman–Crippen LogP) is 2.77. The number of nitrogens with zero attached hydrogens (tertiary/aromatic N) is 1. The van der Waals surface area contributed by atoms with Gasteiger partial charge in [-0.05, 0) is 24.3 Å². The third-order valence-electron chi connectivity index (χ3n) is 3.45. The smallest absolute Gasteiger partial charge is 0.238 e. The summed E-state index contributed by atoms with van der Waals surface area (Å²) < 4.78 is 0. The number of anilines is 2. The van der Waals surface area contributed by atoms with Crippen molar-refractivity contribution in [2.24, 2.45) is 5.92 Å². The van der Waals surface area contributed by atoms with Crippen LogP contribution in [0.1, 0.15) is 6.92 Å². The second kappa shape index (κ2) is 6.19. The van der Waals surface area contributed by atoms with Crippen molar-refractivity contribution in [1.82, 2.24) is 4.98 Å². The van der Waals surface area contributed by atoms with E-state index in [0.717, 1.165) is 10.6 Å². The van der Waals surface area contributed by atoms with Gasteiger partial charge in [0.25, 0.3) is 0 Å². The summed E-state index contributed by atoms with van der Waals surface area (Å²) in [6.07, 6.45) is 3.22. The zero-order chi connectivity index (χ0) is 15.5. The van der Waals surface area contributed by atoms with Crippen molar-refractivity contribution < 1.29 is 9.59 Å². The second-order valence-corrected chi connectivity index (χ2v) is 6.23. The number of rotatable bonds is 3. The third kappa shape index (κ3) is 2.96. The van der Waals surface area contributed by atoms with Gasteiger partial charge in [0.2, 0.25) is 11.8 Å². The minimum Gasteiger partial charge on any atom is -0.324 e. The van der Waals surface area contributed by atoms with Gasteiger partial charge in [0, 0.05) is 11.1 Å². The molecule has 2 heterocycles. The summed E-state index contributed by atoms with van der Waals surface area (Å²) in [6.45, 7) is 1.76. The fourth-order valence-corrected chi connectivity index (χ4v) is 3.40. The summed E-state index contributed by atoms with van der Waals surface area (Å²) in [4.78, 5) is 29.5. The summed E-state index contributed by atoms with van der Waals surface area (Å²) in [6, 6.07) is 11.1. The highest BCUT2D eigenvalue weighted by Gasteiger charge is 2.35. The van der Waals surface area contributed by atoms with Gasteiger partial charge in [-0.1, -0.05) is 19.1 Å². The monoisotopic (exact) mass is 313 g/mol. The molecule has 0 spiro atoms. The highest BCUT2D eigenvalue weighted by Crippen LogP contribution is 2.38. The van der Waals surface area contributed by atoms with Gasteiger partial charge in [0.1, 0.15) is 0 Å². The topological polar surface area (TPSA) is 71.1 Å². The molecule has 0 unspecified atom stereocenters. The molecule has 6 heteroatoms. The van der Waals surface area contributed by atoms with Crippen molar-refractivity contribution in [2.45, 2.75) is 17.1 Å². The van der Waals surface area contributed by atoms with Gasteiger partial charge in [-0.15, -0.1) is 11.8 Å². The highest BCUT2D eigenvalue weighted by atomic mass is 32.2. The number of thioether (sulfide) groups is 1. The normalized spacial score (nSPS) is 18.0. The van der Waals surface area contributed by atoms with E-state index in [-0.39, 0.29) is 11.8 Å².